The van der Waals surface area contributed by atoms with E-state index >= 15 is 0 Å². The van der Waals surface area contributed by atoms with E-state index in [9.17, 15) is 4.79 Å². The molecule has 0 bridgehead atoms. The molecule has 2 N–H and O–H groups in total. The molecule has 1 saturated heterocycles. The van der Waals surface area contributed by atoms with Crippen LogP contribution in [0, 0.1) is 0 Å². The van der Waals surface area contributed by atoms with E-state index in [0.29, 0.717) is 12.1 Å². The summed E-state index contributed by atoms with van der Waals surface area (Å²) < 4.78 is 0.843. The van der Waals surface area contributed by atoms with E-state index in [-0.39, 0.29) is 11.9 Å². The SMILES string of the molecule is NC1CCN(C(=O)c2ccccc2Br)C1. The first-order valence-electron chi connectivity index (χ1n) is 4.98. The Hall–Kier alpha value is -0.870. The lowest BCUT2D eigenvalue weighted by Gasteiger charge is -2.16. The van der Waals surface area contributed by atoms with Gasteiger partial charge in [0.2, 0.25) is 0 Å². The molecule has 1 aliphatic rings. The van der Waals surface area contributed by atoms with Gasteiger partial charge in [-0.05, 0) is 34.5 Å². The van der Waals surface area contributed by atoms with Crippen molar-refractivity contribution in [2.75, 3.05) is 13.1 Å². The predicted molar refractivity (Wildman–Crippen MR) is 62.6 cm³/mol. The van der Waals surface area contributed by atoms with Crippen molar-refractivity contribution in [3.8, 4) is 0 Å². The predicted octanol–water partition coefficient (Wildman–Crippen LogP) is 1.62. The Morgan fingerprint density at radius 2 is 2.20 bits per heavy atom. The molecule has 1 aromatic rings. The molecule has 2 rings (SSSR count). The number of rotatable bonds is 1. The first-order chi connectivity index (χ1) is 7.18. The van der Waals surface area contributed by atoms with E-state index in [1.165, 1.54) is 0 Å². The highest BCUT2D eigenvalue weighted by atomic mass is 79.9. The molecule has 0 aliphatic carbocycles. The Morgan fingerprint density at radius 3 is 2.80 bits per heavy atom. The van der Waals surface area contributed by atoms with Gasteiger partial charge in [0, 0.05) is 23.6 Å². The number of hydrogen-bond acceptors (Lipinski definition) is 2. The average molecular weight is 269 g/mol. The van der Waals surface area contributed by atoms with E-state index in [0.717, 1.165) is 17.4 Å². The third-order valence-electron chi connectivity index (χ3n) is 2.62. The van der Waals surface area contributed by atoms with Crippen molar-refractivity contribution in [1.29, 1.82) is 0 Å². The van der Waals surface area contributed by atoms with Crippen molar-refractivity contribution in [3.05, 3.63) is 34.3 Å². The first-order valence-corrected chi connectivity index (χ1v) is 5.77. The fourth-order valence-electron chi connectivity index (χ4n) is 1.78. The van der Waals surface area contributed by atoms with Gasteiger partial charge in [0.05, 0.1) is 5.56 Å². The summed E-state index contributed by atoms with van der Waals surface area (Å²) >= 11 is 3.38. The summed E-state index contributed by atoms with van der Waals surface area (Å²) in [6, 6.07) is 7.61. The van der Waals surface area contributed by atoms with Gasteiger partial charge in [0.1, 0.15) is 0 Å². The number of carbonyl (C=O) groups is 1. The summed E-state index contributed by atoms with van der Waals surface area (Å²) in [5.41, 5.74) is 6.49. The maximum Gasteiger partial charge on any atom is 0.255 e. The Kier molecular flexibility index (Phi) is 3.07. The number of likely N-dealkylation sites (tertiary alicyclic amines) is 1. The fraction of sp³-hybridized carbons (Fsp3) is 0.364. The Balaban J connectivity index is 2.18. The average Bonchev–Trinajstić information content (AvgIpc) is 2.65. The van der Waals surface area contributed by atoms with Crippen molar-refractivity contribution in [3.63, 3.8) is 0 Å². The van der Waals surface area contributed by atoms with Gasteiger partial charge in [0.15, 0.2) is 0 Å². The summed E-state index contributed by atoms with van der Waals surface area (Å²) in [6.45, 7) is 1.43. The van der Waals surface area contributed by atoms with Gasteiger partial charge in [-0.3, -0.25) is 4.79 Å². The molecule has 1 heterocycles. The van der Waals surface area contributed by atoms with Crippen LogP contribution in [0.5, 0.6) is 0 Å². The number of benzene rings is 1. The minimum Gasteiger partial charge on any atom is -0.337 e. The van der Waals surface area contributed by atoms with Crippen LogP contribution in [-0.2, 0) is 0 Å². The smallest absolute Gasteiger partial charge is 0.255 e. The topological polar surface area (TPSA) is 46.3 Å². The van der Waals surface area contributed by atoms with E-state index in [4.69, 9.17) is 5.73 Å². The summed E-state index contributed by atoms with van der Waals surface area (Å²) in [5, 5.41) is 0. The lowest BCUT2D eigenvalue weighted by Crippen LogP contribution is -2.32. The van der Waals surface area contributed by atoms with Crippen LogP contribution >= 0.6 is 15.9 Å². The van der Waals surface area contributed by atoms with Gasteiger partial charge >= 0.3 is 0 Å². The van der Waals surface area contributed by atoms with Gasteiger partial charge < -0.3 is 10.6 Å². The largest absolute Gasteiger partial charge is 0.337 e. The van der Waals surface area contributed by atoms with Crippen molar-refractivity contribution in [2.45, 2.75) is 12.5 Å². The lowest BCUT2D eigenvalue weighted by atomic mass is 10.2. The van der Waals surface area contributed by atoms with E-state index < -0.39 is 0 Å². The second kappa shape index (κ2) is 4.33. The van der Waals surface area contributed by atoms with Crippen LogP contribution in [0.4, 0.5) is 0 Å². The molecule has 1 aromatic carbocycles. The number of hydrogen-bond donors (Lipinski definition) is 1. The quantitative estimate of drug-likeness (QED) is 0.842. The molecule has 0 aromatic heterocycles. The second-order valence-corrected chi connectivity index (χ2v) is 4.63. The number of amides is 1. The molecule has 0 spiro atoms. The summed E-state index contributed by atoms with van der Waals surface area (Å²) in [5.74, 6) is 0.0652. The van der Waals surface area contributed by atoms with Crippen LogP contribution in [0.2, 0.25) is 0 Å². The van der Waals surface area contributed by atoms with Crippen molar-refractivity contribution >= 4 is 21.8 Å². The standard InChI is InChI=1S/C11H13BrN2O/c12-10-4-2-1-3-9(10)11(15)14-6-5-8(13)7-14/h1-4,8H,5-7,13H2. The zero-order valence-electron chi connectivity index (χ0n) is 8.32. The highest BCUT2D eigenvalue weighted by Gasteiger charge is 2.25. The van der Waals surface area contributed by atoms with Crippen LogP contribution in [0.1, 0.15) is 16.8 Å². The third kappa shape index (κ3) is 2.21. The molecule has 80 valence electrons. The first kappa shape index (κ1) is 10.6. The molecule has 4 heteroatoms. The maximum absolute atomic E-state index is 12.1. The fourth-order valence-corrected chi connectivity index (χ4v) is 2.23. The minimum atomic E-state index is 0.0652. The number of nitrogens with two attached hydrogens (primary N) is 1. The van der Waals surface area contributed by atoms with Crippen LogP contribution in [0.25, 0.3) is 0 Å². The zero-order valence-corrected chi connectivity index (χ0v) is 9.90. The lowest BCUT2D eigenvalue weighted by molar-refractivity contribution is 0.0790. The van der Waals surface area contributed by atoms with Crippen LogP contribution < -0.4 is 5.73 Å². The van der Waals surface area contributed by atoms with Crippen molar-refractivity contribution in [1.82, 2.24) is 4.90 Å². The van der Waals surface area contributed by atoms with Crippen LogP contribution in [-0.4, -0.2) is 29.9 Å². The normalized spacial score (nSPS) is 20.7. The number of halogens is 1. The molecular weight excluding hydrogens is 256 g/mol. The molecule has 1 unspecified atom stereocenters. The monoisotopic (exact) mass is 268 g/mol. The van der Waals surface area contributed by atoms with Crippen LogP contribution in [0.15, 0.2) is 28.7 Å². The zero-order chi connectivity index (χ0) is 10.8. The minimum absolute atomic E-state index is 0.0652. The highest BCUT2D eigenvalue weighted by molar-refractivity contribution is 9.10. The van der Waals surface area contributed by atoms with Crippen molar-refractivity contribution < 1.29 is 4.79 Å². The molecule has 1 aliphatic heterocycles. The summed E-state index contributed by atoms with van der Waals surface area (Å²) in [7, 11) is 0. The van der Waals surface area contributed by atoms with Gasteiger partial charge in [-0.15, -0.1) is 0 Å². The molecule has 3 nitrogen and oxygen atoms in total. The van der Waals surface area contributed by atoms with Crippen molar-refractivity contribution in [2.24, 2.45) is 5.73 Å². The van der Waals surface area contributed by atoms with Gasteiger partial charge in [-0.25, -0.2) is 0 Å². The van der Waals surface area contributed by atoms with Gasteiger partial charge in [-0.1, -0.05) is 12.1 Å². The molecule has 1 atom stereocenters. The summed E-state index contributed by atoms with van der Waals surface area (Å²) in [6.07, 6.45) is 0.899. The van der Waals surface area contributed by atoms with Gasteiger partial charge in [0.25, 0.3) is 5.91 Å². The van der Waals surface area contributed by atoms with E-state index in [1.807, 2.05) is 29.2 Å². The molecule has 0 saturated carbocycles. The molecule has 1 amide bonds. The Morgan fingerprint density at radius 1 is 1.47 bits per heavy atom. The molecule has 15 heavy (non-hydrogen) atoms. The van der Waals surface area contributed by atoms with E-state index in [2.05, 4.69) is 15.9 Å². The Bertz CT molecular complexity index is 381. The Labute approximate surface area is 97.4 Å². The molecular formula is C11H13BrN2O. The molecule has 1 fully saturated rings. The number of nitrogens with zero attached hydrogens (tertiary/aromatic N) is 1. The van der Waals surface area contributed by atoms with Gasteiger partial charge in [-0.2, -0.15) is 0 Å². The second-order valence-electron chi connectivity index (χ2n) is 3.78. The molecule has 0 radical (unpaired) electrons. The third-order valence-corrected chi connectivity index (χ3v) is 3.31. The highest BCUT2D eigenvalue weighted by Crippen LogP contribution is 2.19. The van der Waals surface area contributed by atoms with Crippen LogP contribution in [0.3, 0.4) is 0 Å². The number of carbonyl (C=O) groups excluding carboxylic acids is 1. The maximum atomic E-state index is 12.1. The van der Waals surface area contributed by atoms with E-state index in [1.54, 1.807) is 0 Å². The summed E-state index contributed by atoms with van der Waals surface area (Å²) in [4.78, 5) is 13.9.